The Hall–Kier alpha value is -0.983. The van der Waals surface area contributed by atoms with Crippen LogP contribution in [0.2, 0.25) is 18.1 Å². The maximum absolute atomic E-state index is 12.1. The van der Waals surface area contributed by atoms with Crippen LogP contribution in [0.15, 0.2) is 42.5 Å². The van der Waals surface area contributed by atoms with E-state index < -0.39 is 18.1 Å². The molecule has 2 fully saturated rings. The SMILES string of the molecule is C=CCC(C=C(COCC(Cl)(Cl)Cl)C(=O)O)C(C)C1CCC2C3CCc4cc(O[Si](C)(C)C(C)(C)C)ccc4C3CCC12C. The van der Waals surface area contributed by atoms with Crippen molar-refractivity contribution in [3.63, 3.8) is 0 Å². The van der Waals surface area contributed by atoms with Gasteiger partial charge in [-0.05, 0) is 127 Å². The molecule has 44 heavy (non-hydrogen) atoms. The second kappa shape index (κ2) is 13.6. The van der Waals surface area contributed by atoms with Crippen molar-refractivity contribution in [2.45, 2.75) is 107 Å². The van der Waals surface area contributed by atoms with Crippen LogP contribution in [0, 0.1) is 35.0 Å². The molecule has 0 heterocycles. The summed E-state index contributed by atoms with van der Waals surface area (Å²) in [6.45, 7) is 20.1. The minimum absolute atomic E-state index is 0.0552. The molecule has 8 heteroatoms. The van der Waals surface area contributed by atoms with Crippen molar-refractivity contribution in [2.24, 2.45) is 35.0 Å². The first-order valence-electron chi connectivity index (χ1n) is 16.4. The minimum Gasteiger partial charge on any atom is -0.543 e. The van der Waals surface area contributed by atoms with Crippen molar-refractivity contribution < 1.29 is 19.1 Å². The van der Waals surface area contributed by atoms with E-state index in [0.29, 0.717) is 29.6 Å². The Balaban J connectivity index is 1.51. The summed E-state index contributed by atoms with van der Waals surface area (Å²) in [6.07, 6.45) is 11.7. The quantitative estimate of drug-likeness (QED) is 0.109. The first-order valence-corrected chi connectivity index (χ1v) is 20.4. The third-order valence-corrected chi connectivity index (χ3v) is 16.6. The number of alkyl halides is 3. The molecule has 0 saturated heterocycles. The van der Waals surface area contributed by atoms with E-state index in [1.165, 1.54) is 37.7 Å². The molecule has 0 spiro atoms. The van der Waals surface area contributed by atoms with Crippen LogP contribution in [0.25, 0.3) is 0 Å². The molecule has 1 N–H and O–H groups in total. The van der Waals surface area contributed by atoms with Crippen molar-refractivity contribution in [2.75, 3.05) is 13.2 Å². The third-order valence-electron chi connectivity index (χ3n) is 11.9. The number of carboxylic acid groups (broad SMARTS) is 1. The number of benzene rings is 1. The van der Waals surface area contributed by atoms with Crippen LogP contribution in [-0.2, 0) is 16.0 Å². The molecule has 0 bridgehead atoms. The fraction of sp³-hybridized carbons (Fsp3) is 0.694. The Morgan fingerprint density at radius 1 is 1.18 bits per heavy atom. The van der Waals surface area contributed by atoms with Crippen LogP contribution in [-0.4, -0.2) is 36.4 Å². The van der Waals surface area contributed by atoms with Gasteiger partial charge < -0.3 is 14.3 Å². The lowest BCUT2D eigenvalue weighted by Crippen LogP contribution is -2.44. The molecule has 7 unspecified atom stereocenters. The summed E-state index contributed by atoms with van der Waals surface area (Å²) in [7, 11) is -1.88. The number of allylic oxidation sites excluding steroid dienone is 2. The molecule has 7 atom stereocenters. The zero-order valence-electron chi connectivity index (χ0n) is 27.7. The van der Waals surface area contributed by atoms with Gasteiger partial charge >= 0.3 is 5.97 Å². The molecular weight excluding hydrogens is 631 g/mol. The molecule has 0 aliphatic heterocycles. The first kappa shape index (κ1) is 35.9. The first-order chi connectivity index (χ1) is 20.4. The molecule has 4 rings (SSSR count). The molecule has 246 valence electrons. The summed E-state index contributed by atoms with van der Waals surface area (Å²) >= 11 is 17.4. The Labute approximate surface area is 282 Å². The van der Waals surface area contributed by atoms with Crippen LogP contribution in [0.1, 0.15) is 90.2 Å². The minimum atomic E-state index is -1.88. The van der Waals surface area contributed by atoms with E-state index in [4.69, 9.17) is 44.0 Å². The number of carbonyl (C=O) groups is 1. The Kier molecular flexibility index (Phi) is 11.1. The number of fused-ring (bicyclic) bond motifs is 5. The van der Waals surface area contributed by atoms with Gasteiger partial charge in [0, 0.05) is 0 Å². The summed E-state index contributed by atoms with van der Waals surface area (Å²) in [5.74, 6) is 2.94. The van der Waals surface area contributed by atoms with E-state index in [-0.39, 0.29) is 35.2 Å². The molecule has 3 aliphatic rings. The zero-order chi connectivity index (χ0) is 32.7. The maximum Gasteiger partial charge on any atom is 0.333 e. The number of hydrogen-bond acceptors (Lipinski definition) is 3. The van der Waals surface area contributed by atoms with Crippen LogP contribution in [0.5, 0.6) is 5.75 Å². The van der Waals surface area contributed by atoms with Crippen molar-refractivity contribution >= 4 is 49.1 Å². The standard InChI is InChI=1S/C36H53Cl3O4Si/c1-9-10-24(19-26(33(40)41)21-42-22-36(37,38)39)23(2)31-15-16-32-30-13-11-25-20-27(43-44(7,8)34(3,4)5)12-14-28(25)29(30)17-18-35(31,32)6/h9,12,14,19-20,23-24,29-32H,1,10-11,13,15-18,21-22H2,2-8H3,(H,40,41). The second-order valence-corrected chi connectivity index (χ2v) is 22.8. The average molecular weight is 684 g/mol. The van der Waals surface area contributed by atoms with Crippen LogP contribution >= 0.6 is 34.8 Å². The smallest absolute Gasteiger partial charge is 0.333 e. The predicted molar refractivity (Wildman–Crippen MR) is 187 cm³/mol. The van der Waals surface area contributed by atoms with Gasteiger partial charge in [0.25, 0.3) is 0 Å². The van der Waals surface area contributed by atoms with Crippen molar-refractivity contribution in [1.29, 1.82) is 0 Å². The second-order valence-electron chi connectivity index (χ2n) is 15.5. The van der Waals surface area contributed by atoms with Crippen molar-refractivity contribution in [3.8, 4) is 5.75 Å². The van der Waals surface area contributed by atoms with Crippen LogP contribution in [0.3, 0.4) is 0 Å². The highest BCUT2D eigenvalue weighted by atomic mass is 35.6. The fourth-order valence-electron chi connectivity index (χ4n) is 8.62. The van der Waals surface area contributed by atoms with Crippen LogP contribution in [0.4, 0.5) is 0 Å². The normalized spacial score (nSPS) is 28.8. The van der Waals surface area contributed by atoms with E-state index in [0.717, 1.165) is 18.6 Å². The molecule has 0 amide bonds. The molecule has 4 nitrogen and oxygen atoms in total. The number of rotatable bonds is 11. The summed E-state index contributed by atoms with van der Waals surface area (Å²) < 4.78 is 10.6. The lowest BCUT2D eigenvalue weighted by atomic mass is 9.52. The largest absolute Gasteiger partial charge is 0.543 e. The fourth-order valence-corrected chi connectivity index (χ4v) is 9.87. The van der Waals surface area contributed by atoms with Crippen molar-refractivity contribution in [1.82, 2.24) is 0 Å². The molecule has 1 aromatic rings. The van der Waals surface area contributed by atoms with Gasteiger partial charge in [0.2, 0.25) is 12.1 Å². The average Bonchev–Trinajstić information content (AvgIpc) is 3.27. The highest BCUT2D eigenvalue weighted by Crippen LogP contribution is 2.65. The van der Waals surface area contributed by atoms with Crippen molar-refractivity contribution in [3.05, 3.63) is 53.6 Å². The number of hydrogen-bond donors (Lipinski definition) is 1. The summed E-state index contributed by atoms with van der Waals surface area (Å²) in [5, 5.41) is 10.1. The van der Waals surface area contributed by atoms with E-state index in [1.807, 2.05) is 12.2 Å². The van der Waals surface area contributed by atoms with Crippen LogP contribution < -0.4 is 4.43 Å². The number of aryl methyl sites for hydroxylation is 1. The van der Waals surface area contributed by atoms with E-state index >= 15 is 0 Å². The topological polar surface area (TPSA) is 55.8 Å². The summed E-state index contributed by atoms with van der Waals surface area (Å²) in [6, 6.07) is 6.97. The molecule has 0 aromatic heterocycles. The highest BCUT2D eigenvalue weighted by molar-refractivity contribution is 6.74. The number of ether oxygens (including phenoxy) is 1. The van der Waals surface area contributed by atoms with E-state index in [9.17, 15) is 9.90 Å². The van der Waals surface area contributed by atoms with E-state index in [1.54, 1.807) is 5.56 Å². The Morgan fingerprint density at radius 2 is 1.89 bits per heavy atom. The third kappa shape index (κ3) is 7.76. The molecule has 0 radical (unpaired) electrons. The lowest BCUT2D eigenvalue weighted by Gasteiger charge is -2.52. The van der Waals surface area contributed by atoms with Gasteiger partial charge in [-0.15, -0.1) is 6.58 Å². The molecule has 2 saturated carbocycles. The zero-order valence-corrected chi connectivity index (χ0v) is 31.0. The van der Waals surface area contributed by atoms with Gasteiger partial charge in [-0.2, -0.15) is 0 Å². The maximum atomic E-state index is 12.1. The van der Waals surface area contributed by atoms with Gasteiger partial charge in [-0.25, -0.2) is 4.79 Å². The monoisotopic (exact) mass is 682 g/mol. The lowest BCUT2D eigenvalue weighted by molar-refractivity contribution is -0.133. The van der Waals surface area contributed by atoms with Gasteiger partial charge in [-0.3, -0.25) is 0 Å². The predicted octanol–water partition coefficient (Wildman–Crippen LogP) is 10.8. The summed E-state index contributed by atoms with van der Waals surface area (Å²) in [5.41, 5.74) is 3.49. The van der Waals surface area contributed by atoms with Gasteiger partial charge in [0.05, 0.1) is 18.8 Å². The molecule has 1 aromatic carbocycles. The van der Waals surface area contributed by atoms with E-state index in [2.05, 4.69) is 72.5 Å². The van der Waals surface area contributed by atoms with Gasteiger partial charge in [0.1, 0.15) is 5.75 Å². The van der Waals surface area contributed by atoms with Gasteiger partial charge in [0.15, 0.2) is 0 Å². The molecular formula is C36H53Cl3O4Si. The Bertz CT molecular complexity index is 1230. The number of aliphatic carboxylic acids is 1. The Morgan fingerprint density at radius 3 is 2.50 bits per heavy atom. The van der Waals surface area contributed by atoms with Gasteiger partial charge in [-0.1, -0.05) is 87.6 Å². The summed E-state index contributed by atoms with van der Waals surface area (Å²) in [4.78, 5) is 12.1. The highest BCUT2D eigenvalue weighted by Gasteiger charge is 2.56. The molecule has 3 aliphatic carbocycles. The number of halogens is 3. The number of carboxylic acids is 1.